The molecule has 0 aliphatic heterocycles. The third-order valence-corrected chi connectivity index (χ3v) is 17.7. The van der Waals surface area contributed by atoms with E-state index in [-0.39, 0.29) is 11.9 Å². The summed E-state index contributed by atoms with van der Waals surface area (Å²) in [4.78, 5) is 7.77. The molecule has 1 aliphatic rings. The van der Waals surface area contributed by atoms with Gasteiger partial charge in [0.1, 0.15) is 5.84 Å². The van der Waals surface area contributed by atoms with Crippen molar-refractivity contribution >= 4 is 88.5 Å². The maximum absolute atomic E-state index is 10.8. The van der Waals surface area contributed by atoms with Crippen LogP contribution in [0.15, 0.2) is 296 Å². The molecule has 7 nitrogen and oxygen atoms in total. The van der Waals surface area contributed by atoms with Gasteiger partial charge < -0.3 is 18.6 Å². The van der Waals surface area contributed by atoms with E-state index in [2.05, 4.69) is 280 Å². The molecule has 0 amide bonds. The highest BCUT2D eigenvalue weighted by atomic mass is 15.3. The number of benzene rings is 12. The second-order valence-electron chi connectivity index (χ2n) is 22.6. The zero-order valence-corrected chi connectivity index (χ0v) is 47.7. The minimum absolute atomic E-state index is 0.114. The van der Waals surface area contributed by atoms with Crippen LogP contribution in [0.2, 0.25) is 0 Å². The zero-order valence-electron chi connectivity index (χ0n) is 47.7. The molecule has 0 fully saturated rings. The molecule has 1 N–H and O–H groups in total. The van der Waals surface area contributed by atoms with Crippen LogP contribution in [-0.4, -0.2) is 43.4 Å². The Bertz CT molecular complexity index is 5090. The second kappa shape index (κ2) is 20.9. The summed E-state index contributed by atoms with van der Waals surface area (Å²) in [5, 5.41) is 27.6. The molecule has 1 unspecified atom stereocenters. The van der Waals surface area contributed by atoms with E-state index in [0.717, 1.165) is 133 Å². The number of nitrogens with zero attached hydrogens (tertiary/aromatic N) is 6. The first-order valence-electron chi connectivity index (χ1n) is 29.6. The molecule has 0 bridgehead atoms. The molecule has 1 atom stereocenters. The normalized spacial score (nSPS) is 13.5. The van der Waals surface area contributed by atoms with Crippen LogP contribution in [0.5, 0.6) is 0 Å². The van der Waals surface area contributed by atoms with Gasteiger partial charge in [-0.3, -0.25) is 5.41 Å². The Morgan fingerprint density at radius 1 is 0.402 bits per heavy atom. The summed E-state index contributed by atoms with van der Waals surface area (Å²) in [5.74, 6) is 0.683. The van der Waals surface area contributed by atoms with Crippen molar-refractivity contribution in [1.82, 2.24) is 18.6 Å². The van der Waals surface area contributed by atoms with Crippen molar-refractivity contribution in [2.24, 2.45) is 4.99 Å². The van der Waals surface area contributed by atoms with Gasteiger partial charge in [0.25, 0.3) is 0 Å². The molecule has 410 valence electrons. The number of para-hydroxylation sites is 2. The molecule has 1 aliphatic carbocycles. The van der Waals surface area contributed by atoms with Gasteiger partial charge in [0.15, 0.2) is 5.84 Å². The Morgan fingerprint density at radius 3 is 1.21 bits per heavy atom. The Balaban J connectivity index is 0.993. The highest BCUT2D eigenvalue weighted by molar-refractivity contribution is 6.19. The van der Waals surface area contributed by atoms with Gasteiger partial charge in [-0.05, 0) is 123 Å². The number of rotatable bonds is 10. The zero-order chi connectivity index (χ0) is 58.1. The molecule has 7 heteroatoms. The summed E-state index contributed by atoms with van der Waals surface area (Å²) in [5.41, 5.74) is 20.6. The monoisotopic (exact) mass is 1110 g/mol. The van der Waals surface area contributed by atoms with E-state index in [4.69, 9.17) is 4.99 Å². The largest absolute Gasteiger partial charge is 0.350 e. The van der Waals surface area contributed by atoms with E-state index in [9.17, 15) is 10.7 Å². The van der Waals surface area contributed by atoms with Crippen LogP contribution in [0, 0.1) is 16.7 Å². The highest BCUT2D eigenvalue weighted by Gasteiger charge is 2.40. The number of nitrogens with one attached hydrogen (secondary N) is 1. The Kier molecular flexibility index (Phi) is 12.3. The topological polar surface area (TPSA) is 78.0 Å². The first-order chi connectivity index (χ1) is 43.0. The number of fused-ring (bicyclic) bond motifs is 9. The molecular weight excluding hydrogens is 1060 g/mol. The molecule has 12 aromatic carbocycles. The van der Waals surface area contributed by atoms with Gasteiger partial charge in [-0.1, -0.05) is 212 Å². The number of hydrogen-bond acceptors (Lipinski definition) is 2. The van der Waals surface area contributed by atoms with E-state index in [1.165, 1.54) is 0 Å². The summed E-state index contributed by atoms with van der Waals surface area (Å²) >= 11 is 0. The van der Waals surface area contributed by atoms with Crippen LogP contribution in [0.4, 0.5) is 0 Å². The first-order valence-corrected chi connectivity index (χ1v) is 29.6. The van der Waals surface area contributed by atoms with Gasteiger partial charge in [0.2, 0.25) is 0 Å². The molecule has 3 heterocycles. The lowest BCUT2D eigenvalue weighted by Gasteiger charge is -2.43. The number of aliphatic imine (C=N–C) groups is 1. The van der Waals surface area contributed by atoms with Gasteiger partial charge in [0, 0.05) is 62.6 Å². The van der Waals surface area contributed by atoms with Gasteiger partial charge >= 0.3 is 0 Å². The highest BCUT2D eigenvalue weighted by Crippen LogP contribution is 2.49. The quantitative estimate of drug-likeness (QED) is 0.109. The van der Waals surface area contributed by atoms with Gasteiger partial charge in [-0.25, -0.2) is 4.99 Å². The first kappa shape index (κ1) is 51.1. The van der Waals surface area contributed by atoms with E-state index in [1.807, 2.05) is 42.5 Å². The fourth-order valence-corrected chi connectivity index (χ4v) is 13.5. The molecule has 3 aromatic heterocycles. The minimum atomic E-state index is -0.319. The smallest absolute Gasteiger partial charge is 0.154 e. The van der Waals surface area contributed by atoms with Crippen molar-refractivity contribution in [2.75, 3.05) is 7.05 Å². The van der Waals surface area contributed by atoms with Gasteiger partial charge in [0.05, 0.1) is 62.2 Å². The van der Waals surface area contributed by atoms with E-state index in [1.54, 1.807) is 0 Å². The van der Waals surface area contributed by atoms with E-state index >= 15 is 0 Å². The number of aromatic nitrogens is 3. The Labute approximate surface area is 503 Å². The SMILES string of the molecule is CN(C(=NC(=N)c1ccccc1)c1cc(C#N)ccc1-n1c2ccccc2c2ccccc21)C1CC(n2c3ccc(-c4ccccc4)cc3c3cc(-c4ccccc4)ccc32)=C1n1c2ccc(-c3ccccc3)cc2c2cc(-c3ccccc3)ccc21. The maximum atomic E-state index is 10.8. The van der Waals surface area contributed by atoms with Crippen molar-refractivity contribution in [2.45, 2.75) is 12.5 Å². The van der Waals surface area contributed by atoms with Crippen molar-refractivity contribution < 1.29 is 0 Å². The summed E-state index contributed by atoms with van der Waals surface area (Å²) in [7, 11) is 2.13. The molecule has 0 spiro atoms. The fraction of sp³-hybridized carbons (Fsp3) is 0.0375. The summed E-state index contributed by atoms with van der Waals surface area (Å²) in [6.07, 6.45) is 0.608. The average Bonchev–Trinajstić information content (AvgIpc) is 1.70. The van der Waals surface area contributed by atoms with Crippen LogP contribution in [0.1, 0.15) is 23.1 Å². The maximum Gasteiger partial charge on any atom is 0.154 e. The number of hydrogen-bond donors (Lipinski definition) is 1. The molecule has 15 aromatic rings. The van der Waals surface area contributed by atoms with Crippen LogP contribution in [0.3, 0.4) is 0 Å². The molecule has 16 rings (SSSR count). The number of likely N-dealkylation sites (N-methyl/N-ethyl adjacent to an activating group) is 1. The molecule has 87 heavy (non-hydrogen) atoms. The van der Waals surface area contributed by atoms with Crippen LogP contribution in [-0.2, 0) is 0 Å². The second-order valence-corrected chi connectivity index (χ2v) is 22.6. The lowest BCUT2D eigenvalue weighted by molar-refractivity contribution is 0.411. The van der Waals surface area contributed by atoms with Crippen LogP contribution < -0.4 is 0 Å². The molecule has 0 saturated heterocycles. The third kappa shape index (κ3) is 8.57. The molecular formula is C80H55N7. The average molecular weight is 1110 g/mol. The summed E-state index contributed by atoms with van der Waals surface area (Å²) < 4.78 is 7.33. The van der Waals surface area contributed by atoms with Crippen LogP contribution >= 0.6 is 0 Å². The van der Waals surface area contributed by atoms with Crippen LogP contribution in [0.25, 0.3) is 127 Å². The van der Waals surface area contributed by atoms with Gasteiger partial charge in [-0.15, -0.1) is 0 Å². The minimum Gasteiger partial charge on any atom is -0.350 e. The molecule has 0 radical (unpaired) electrons. The van der Waals surface area contributed by atoms with Crippen molar-refractivity contribution in [3.05, 3.63) is 308 Å². The van der Waals surface area contributed by atoms with Crippen molar-refractivity contribution in [1.29, 1.82) is 10.7 Å². The Hall–Kier alpha value is -11.6. The van der Waals surface area contributed by atoms with Gasteiger partial charge in [-0.2, -0.15) is 5.26 Å². The lowest BCUT2D eigenvalue weighted by atomic mass is 9.90. The predicted octanol–water partition coefficient (Wildman–Crippen LogP) is 19.5. The number of nitriles is 1. The van der Waals surface area contributed by atoms with Crippen molar-refractivity contribution in [3.8, 4) is 56.3 Å². The standard InChI is InChI=1S/C80H55N7/c1-84(80(83-79(82)57-29-15-6-16-30-57)68-45-52(51-81)35-40-75(68)85-69-33-19-17-31-62(69)63-32-18-20-34-70(63)85)76-50-77(86-71-41-36-58(53-21-7-2-8-22-53)46-64(71)65-47-59(37-42-72(65)86)54-23-9-3-10-24-54)78(76)87-73-43-38-60(55-25-11-4-12-26-55)48-66(73)67-49-61(39-44-74(67)87)56-27-13-5-14-28-56/h2-49,76,82H,50H2,1H3. The summed E-state index contributed by atoms with van der Waals surface area (Å²) in [6.45, 7) is 0. The van der Waals surface area contributed by atoms with E-state index in [0.29, 0.717) is 23.4 Å². The lowest BCUT2D eigenvalue weighted by Crippen LogP contribution is -2.46. The summed E-state index contributed by atoms with van der Waals surface area (Å²) in [6, 6.07) is 105. The Morgan fingerprint density at radius 2 is 0.782 bits per heavy atom. The van der Waals surface area contributed by atoms with Crippen molar-refractivity contribution in [3.63, 3.8) is 0 Å². The predicted molar refractivity (Wildman–Crippen MR) is 362 cm³/mol. The van der Waals surface area contributed by atoms with E-state index < -0.39 is 0 Å². The number of amidine groups is 2. The molecule has 0 saturated carbocycles. The third-order valence-electron chi connectivity index (χ3n) is 17.7. The fourth-order valence-electron chi connectivity index (χ4n) is 13.5.